The number of hydrogen-bond acceptors (Lipinski definition) is 3. The lowest BCUT2D eigenvalue weighted by molar-refractivity contribution is -0.137. The van der Waals surface area contributed by atoms with Crippen LogP contribution in [0.1, 0.15) is 24.8 Å². The van der Waals surface area contributed by atoms with Gasteiger partial charge in [0.1, 0.15) is 5.69 Å². The molecule has 122 valence electrons. The number of anilines is 1. The predicted molar refractivity (Wildman–Crippen MR) is 79.2 cm³/mol. The summed E-state index contributed by atoms with van der Waals surface area (Å²) in [5.41, 5.74) is -2.24. The summed E-state index contributed by atoms with van der Waals surface area (Å²) in [6, 6.07) is -0.0725. The number of rotatable bonds is 4. The van der Waals surface area contributed by atoms with Gasteiger partial charge in [-0.3, -0.25) is 4.79 Å². The third kappa shape index (κ3) is 3.76. The second kappa shape index (κ2) is 6.23. The zero-order valence-electron chi connectivity index (χ0n) is 11.8. The molecule has 0 aliphatic heterocycles. The molecule has 1 aromatic heterocycles. The summed E-state index contributed by atoms with van der Waals surface area (Å²) in [5, 5.41) is 4.77. The van der Waals surface area contributed by atoms with Gasteiger partial charge < -0.3 is 15.6 Å². The van der Waals surface area contributed by atoms with Crippen molar-refractivity contribution in [1.29, 1.82) is 0 Å². The number of pyridine rings is 1. The van der Waals surface area contributed by atoms with Gasteiger partial charge in [0.25, 0.3) is 5.56 Å². The van der Waals surface area contributed by atoms with Crippen molar-refractivity contribution in [2.75, 3.05) is 18.1 Å². The monoisotopic (exact) mass is 335 g/mol. The van der Waals surface area contributed by atoms with Crippen molar-refractivity contribution in [3.05, 3.63) is 28.2 Å². The number of amides is 2. The maximum atomic E-state index is 12.6. The van der Waals surface area contributed by atoms with Gasteiger partial charge in [-0.25, -0.2) is 4.79 Å². The van der Waals surface area contributed by atoms with E-state index in [-0.39, 0.29) is 4.75 Å². The molecule has 1 aliphatic carbocycles. The average molecular weight is 335 g/mol. The zero-order chi connectivity index (χ0) is 16.4. The quantitative estimate of drug-likeness (QED) is 0.792. The highest BCUT2D eigenvalue weighted by Crippen LogP contribution is 2.42. The lowest BCUT2D eigenvalue weighted by atomic mass is 9.84. The Morgan fingerprint density at radius 1 is 1.45 bits per heavy atom. The second-order valence-electron chi connectivity index (χ2n) is 5.18. The summed E-state index contributed by atoms with van der Waals surface area (Å²) in [7, 11) is 0. The van der Waals surface area contributed by atoms with Crippen LogP contribution in [0.2, 0.25) is 0 Å². The third-order valence-electron chi connectivity index (χ3n) is 3.75. The molecule has 0 radical (unpaired) electrons. The summed E-state index contributed by atoms with van der Waals surface area (Å²) in [4.78, 5) is 25.2. The van der Waals surface area contributed by atoms with Crippen LogP contribution in [0.25, 0.3) is 0 Å². The Morgan fingerprint density at radius 2 is 2.14 bits per heavy atom. The molecule has 1 aromatic rings. The smallest absolute Gasteiger partial charge is 0.336 e. The van der Waals surface area contributed by atoms with Crippen LogP contribution in [-0.4, -0.2) is 28.6 Å². The van der Waals surface area contributed by atoms with E-state index in [1.54, 1.807) is 11.8 Å². The van der Waals surface area contributed by atoms with Gasteiger partial charge >= 0.3 is 12.2 Å². The standard InChI is InChI=1S/C13H16F3N3O2S/c1-22-12(3-2-4-12)7-18-11(21)19-9-5-8(13(14,15)16)6-17-10(9)20/h5-6H,2-4,7H2,1H3,(H,17,20)(H2,18,19,21). The first-order valence-electron chi connectivity index (χ1n) is 6.66. The van der Waals surface area contributed by atoms with Gasteiger partial charge in [-0.2, -0.15) is 24.9 Å². The molecule has 5 nitrogen and oxygen atoms in total. The van der Waals surface area contributed by atoms with Crippen LogP contribution >= 0.6 is 11.8 Å². The maximum Gasteiger partial charge on any atom is 0.417 e. The van der Waals surface area contributed by atoms with E-state index in [0.717, 1.165) is 19.3 Å². The molecule has 2 amide bonds. The minimum Gasteiger partial charge on any atom is -0.336 e. The number of alkyl halides is 3. The second-order valence-corrected chi connectivity index (χ2v) is 6.45. The van der Waals surface area contributed by atoms with Crippen molar-refractivity contribution in [2.45, 2.75) is 30.2 Å². The van der Waals surface area contributed by atoms with Crippen LogP contribution in [0.5, 0.6) is 0 Å². The number of nitrogens with one attached hydrogen (secondary N) is 3. The van der Waals surface area contributed by atoms with E-state index < -0.39 is 29.0 Å². The number of urea groups is 1. The van der Waals surface area contributed by atoms with Crippen LogP contribution in [0.4, 0.5) is 23.7 Å². The minimum absolute atomic E-state index is 0.00240. The Balaban J connectivity index is 2.01. The van der Waals surface area contributed by atoms with Crippen molar-refractivity contribution in [2.24, 2.45) is 0 Å². The first kappa shape index (κ1) is 16.7. The van der Waals surface area contributed by atoms with E-state index in [1.807, 2.05) is 11.2 Å². The first-order valence-corrected chi connectivity index (χ1v) is 7.88. The van der Waals surface area contributed by atoms with Gasteiger partial charge in [-0.15, -0.1) is 0 Å². The largest absolute Gasteiger partial charge is 0.417 e. The molecule has 22 heavy (non-hydrogen) atoms. The van der Waals surface area contributed by atoms with Crippen LogP contribution in [0.15, 0.2) is 17.1 Å². The van der Waals surface area contributed by atoms with E-state index >= 15 is 0 Å². The van der Waals surface area contributed by atoms with Crippen molar-refractivity contribution >= 4 is 23.5 Å². The summed E-state index contributed by atoms with van der Waals surface area (Å²) in [6.45, 7) is 0.414. The van der Waals surface area contributed by atoms with E-state index in [2.05, 4.69) is 10.6 Å². The molecule has 0 spiro atoms. The Bertz CT molecular complexity index is 606. The normalized spacial score (nSPS) is 16.7. The zero-order valence-corrected chi connectivity index (χ0v) is 12.7. The highest BCUT2D eigenvalue weighted by molar-refractivity contribution is 8.00. The van der Waals surface area contributed by atoms with Gasteiger partial charge in [0.2, 0.25) is 0 Å². The molecule has 1 aliphatic rings. The van der Waals surface area contributed by atoms with Crippen LogP contribution in [-0.2, 0) is 6.18 Å². The lowest BCUT2D eigenvalue weighted by Gasteiger charge is -2.40. The fraction of sp³-hybridized carbons (Fsp3) is 0.538. The van der Waals surface area contributed by atoms with Gasteiger partial charge in [-0.1, -0.05) is 6.42 Å². The number of thioether (sulfide) groups is 1. The van der Waals surface area contributed by atoms with Gasteiger partial charge in [0, 0.05) is 17.5 Å². The Morgan fingerprint density at radius 3 is 2.64 bits per heavy atom. The highest BCUT2D eigenvalue weighted by atomic mass is 32.2. The number of carbonyl (C=O) groups excluding carboxylic acids is 1. The summed E-state index contributed by atoms with van der Waals surface area (Å²) >= 11 is 1.66. The third-order valence-corrected chi connectivity index (χ3v) is 5.17. The fourth-order valence-electron chi connectivity index (χ4n) is 2.17. The number of hydrogen-bond donors (Lipinski definition) is 3. The number of aromatic amines is 1. The van der Waals surface area contributed by atoms with E-state index in [0.29, 0.717) is 18.8 Å². The van der Waals surface area contributed by atoms with Crippen molar-refractivity contribution < 1.29 is 18.0 Å². The number of aromatic nitrogens is 1. The van der Waals surface area contributed by atoms with E-state index in [1.165, 1.54) is 0 Å². The number of H-pyrrole nitrogens is 1. The summed E-state index contributed by atoms with van der Waals surface area (Å²) < 4.78 is 37.8. The molecule has 0 unspecified atom stereocenters. The number of halogens is 3. The predicted octanol–water partition coefficient (Wildman–Crippen LogP) is 2.80. The fourth-order valence-corrected chi connectivity index (χ4v) is 3.09. The molecular formula is C13H16F3N3O2S. The summed E-state index contributed by atoms with van der Waals surface area (Å²) in [6.07, 6.45) is 0.999. The lowest BCUT2D eigenvalue weighted by Crippen LogP contribution is -2.46. The van der Waals surface area contributed by atoms with Gasteiger partial charge in [-0.05, 0) is 25.2 Å². The number of carbonyl (C=O) groups is 1. The Labute approximate surface area is 129 Å². The SMILES string of the molecule is CSC1(CNC(=O)Nc2cc(C(F)(F)F)c[nH]c2=O)CCC1. The Hall–Kier alpha value is -1.64. The molecule has 3 N–H and O–H groups in total. The minimum atomic E-state index is -4.59. The first-order chi connectivity index (χ1) is 10.3. The van der Waals surface area contributed by atoms with Crippen LogP contribution in [0.3, 0.4) is 0 Å². The van der Waals surface area contributed by atoms with Gasteiger partial charge in [0.15, 0.2) is 0 Å². The molecule has 0 bridgehead atoms. The van der Waals surface area contributed by atoms with Crippen molar-refractivity contribution in [1.82, 2.24) is 10.3 Å². The van der Waals surface area contributed by atoms with Crippen LogP contribution in [0, 0.1) is 0 Å². The highest BCUT2D eigenvalue weighted by Gasteiger charge is 2.36. The molecule has 0 atom stereocenters. The molecule has 0 saturated heterocycles. The molecule has 2 rings (SSSR count). The molecular weight excluding hydrogens is 319 g/mol. The molecule has 0 aromatic carbocycles. The molecule has 1 saturated carbocycles. The Kier molecular flexibility index (Phi) is 4.74. The molecule has 1 fully saturated rings. The van der Waals surface area contributed by atoms with Crippen molar-refractivity contribution in [3.8, 4) is 0 Å². The molecule has 1 heterocycles. The molecule has 9 heteroatoms. The van der Waals surface area contributed by atoms with Crippen molar-refractivity contribution in [3.63, 3.8) is 0 Å². The maximum absolute atomic E-state index is 12.6. The average Bonchev–Trinajstić information content (AvgIpc) is 2.39. The van der Waals surface area contributed by atoms with E-state index in [4.69, 9.17) is 0 Å². The topological polar surface area (TPSA) is 74.0 Å². The van der Waals surface area contributed by atoms with Crippen LogP contribution < -0.4 is 16.2 Å². The summed E-state index contributed by atoms with van der Waals surface area (Å²) in [5.74, 6) is 0. The van der Waals surface area contributed by atoms with E-state index in [9.17, 15) is 22.8 Å². The van der Waals surface area contributed by atoms with Gasteiger partial charge in [0.05, 0.1) is 5.56 Å².